The van der Waals surface area contributed by atoms with Crippen molar-refractivity contribution in [2.24, 2.45) is 17.6 Å². The molecule has 23 heteroatoms. The van der Waals surface area contributed by atoms with E-state index in [9.17, 15) is 38.9 Å². The van der Waals surface area contributed by atoms with Gasteiger partial charge < -0.3 is 60.7 Å². The van der Waals surface area contributed by atoms with Gasteiger partial charge in [-0.25, -0.2) is 13.3 Å². The van der Waals surface area contributed by atoms with E-state index >= 15 is 4.39 Å². The van der Waals surface area contributed by atoms with E-state index in [-0.39, 0.29) is 27.5 Å². The number of aliphatic hydroxyl groups is 2. The number of esters is 2. The smallest absolute Gasteiger partial charge is 0.462 e. The first kappa shape index (κ1) is 50.5. The molecular weight excluding hydrogens is 847 g/mol. The first-order valence-electron chi connectivity index (χ1n) is 19.5. The van der Waals surface area contributed by atoms with E-state index in [0.29, 0.717) is 6.42 Å². The lowest BCUT2D eigenvalue weighted by molar-refractivity contribution is -0.262. The number of carbonyl (C=O) groups is 3. The number of anilines is 2. The van der Waals surface area contributed by atoms with Crippen molar-refractivity contribution < 1.29 is 75.6 Å². The fraction of sp³-hybridized carbons (Fsp3) is 0.800. The van der Waals surface area contributed by atoms with Gasteiger partial charge in [-0.1, -0.05) is 85.0 Å². The summed E-state index contributed by atoms with van der Waals surface area (Å²) in [4.78, 5) is 57.3. The van der Waals surface area contributed by atoms with E-state index in [4.69, 9.17) is 61.3 Å². The Morgan fingerprint density at radius 1 is 0.948 bits per heavy atom. The lowest BCUT2D eigenvalue weighted by Gasteiger charge is -2.44. The number of thiophene rings is 1. The predicted octanol–water partition coefficient (Wildman–Crippen LogP) is 5.05. The lowest BCUT2D eigenvalue weighted by Crippen LogP contribution is -2.55. The van der Waals surface area contributed by atoms with Gasteiger partial charge in [0, 0.05) is 24.8 Å². The van der Waals surface area contributed by atoms with Crippen LogP contribution in [0.2, 0.25) is 0 Å². The average molecular weight is 908 g/mol. The highest BCUT2D eigenvalue weighted by Crippen LogP contribution is 2.62. The number of unbranched alkanes of at least 4 members (excludes halogenated alkanes) is 10. The highest BCUT2D eigenvalue weighted by molar-refractivity contribution is 8.08. The Morgan fingerprint density at radius 3 is 2.09 bits per heavy atom. The Morgan fingerprint density at radius 2 is 1.53 bits per heavy atom. The Bertz CT molecular complexity index is 1610. The number of hydrogen-bond acceptors (Lipinski definition) is 17. The number of amides is 1. The summed E-state index contributed by atoms with van der Waals surface area (Å²) in [5.41, 5.74) is 17.1. The molecule has 0 radical (unpaired) electrons. The molecule has 2 fully saturated rings. The van der Waals surface area contributed by atoms with Crippen LogP contribution in [0.3, 0.4) is 0 Å². The molecule has 1 aromatic rings. The molecule has 58 heavy (non-hydrogen) atoms. The van der Waals surface area contributed by atoms with Crippen molar-refractivity contribution >= 4 is 66.2 Å². The number of phosphoric ester groups is 1. The highest BCUT2D eigenvalue weighted by Gasteiger charge is 2.51. The number of nitrogen functional groups attached to an aromatic ring is 2. The van der Waals surface area contributed by atoms with Gasteiger partial charge in [0.25, 0.3) is 5.91 Å². The SMILES string of the molecule is CCCCCCCCCCCCCC(=O)OC[C@H](F)C1O[C@@H](OP(=O)(O)OP(O)(=S)OC[C@H]2O[C@@H](c3c(N)sc(C(N)=O)c3N)C(O)[C@H]2O)[C@H](OC(C)=O)C(C)[C@@H]1C. The zero-order valence-corrected chi connectivity index (χ0v) is 36.7. The number of carbonyl (C=O) groups excluding carboxylic acids is 3. The molecule has 0 aromatic carbocycles. The first-order chi connectivity index (χ1) is 27.2. The quantitative estimate of drug-likeness (QED) is 0.0384. The van der Waals surface area contributed by atoms with E-state index in [2.05, 4.69) is 6.92 Å². The molecule has 0 saturated carbocycles. The zero-order chi connectivity index (χ0) is 43.4. The minimum atomic E-state index is -5.48. The van der Waals surface area contributed by atoms with Crippen molar-refractivity contribution in [1.29, 1.82) is 0 Å². The maximum Gasteiger partial charge on any atom is 0.481 e. The van der Waals surface area contributed by atoms with E-state index in [0.717, 1.165) is 43.9 Å². The van der Waals surface area contributed by atoms with Crippen LogP contribution in [0.5, 0.6) is 0 Å². The van der Waals surface area contributed by atoms with Gasteiger partial charge in [-0.05, 0) is 24.1 Å². The summed E-state index contributed by atoms with van der Waals surface area (Å²) < 4.78 is 65.8. The van der Waals surface area contributed by atoms with E-state index in [1.54, 1.807) is 13.8 Å². The van der Waals surface area contributed by atoms with Crippen LogP contribution in [0.15, 0.2) is 0 Å². The summed E-state index contributed by atoms with van der Waals surface area (Å²) >= 11 is 5.63. The molecule has 18 nitrogen and oxygen atoms in total. The molecule has 1 amide bonds. The molecule has 3 rings (SSSR count). The molecule has 0 bridgehead atoms. The molecule has 0 spiro atoms. The molecule has 1 aromatic heterocycles. The third kappa shape index (κ3) is 15.0. The summed E-state index contributed by atoms with van der Waals surface area (Å²) in [6.07, 6.45) is -0.461. The Hall–Kier alpha value is -1.84. The van der Waals surface area contributed by atoms with Gasteiger partial charge in [0.1, 0.15) is 35.9 Å². The summed E-state index contributed by atoms with van der Waals surface area (Å²) in [5.74, 6) is -3.70. The number of phosphoric acid groups is 1. The Labute approximate surface area is 347 Å². The van der Waals surface area contributed by atoms with E-state index in [1.807, 2.05) is 0 Å². The second kappa shape index (κ2) is 23.4. The van der Waals surface area contributed by atoms with Crippen LogP contribution < -0.4 is 17.2 Å². The molecule has 2 saturated heterocycles. The van der Waals surface area contributed by atoms with Gasteiger partial charge >= 0.3 is 26.5 Å². The van der Waals surface area contributed by atoms with Crippen LogP contribution in [0.1, 0.15) is 126 Å². The minimum absolute atomic E-state index is 0.00859. The van der Waals surface area contributed by atoms with Gasteiger partial charge in [0.2, 0.25) is 6.29 Å². The van der Waals surface area contributed by atoms with Crippen LogP contribution in [0.4, 0.5) is 15.1 Å². The van der Waals surface area contributed by atoms with Crippen molar-refractivity contribution in [1.82, 2.24) is 0 Å². The van der Waals surface area contributed by atoms with Gasteiger partial charge in [-0.2, -0.15) is 0 Å². The fourth-order valence-electron chi connectivity index (χ4n) is 6.88. The Balaban J connectivity index is 1.54. The monoisotopic (exact) mass is 907 g/mol. The van der Waals surface area contributed by atoms with Crippen molar-refractivity contribution in [3.63, 3.8) is 0 Å². The lowest BCUT2D eigenvalue weighted by atomic mass is 9.82. The van der Waals surface area contributed by atoms with Gasteiger partial charge in [0.15, 0.2) is 12.3 Å². The van der Waals surface area contributed by atoms with Gasteiger partial charge in [-0.3, -0.25) is 18.9 Å². The second-order valence-corrected chi connectivity index (χ2v) is 20.2. The first-order valence-corrected chi connectivity index (χ1v) is 24.4. The fourth-order valence-corrected chi connectivity index (χ4v) is 10.8. The topological polar surface area (TPSA) is 292 Å². The van der Waals surface area contributed by atoms with Crippen LogP contribution >= 0.6 is 25.9 Å². The van der Waals surface area contributed by atoms with E-state index in [1.165, 1.54) is 38.5 Å². The van der Waals surface area contributed by atoms with Crippen molar-refractivity contribution in [3.05, 3.63) is 10.4 Å². The van der Waals surface area contributed by atoms with Crippen LogP contribution in [-0.4, -0.2) is 94.0 Å². The summed E-state index contributed by atoms with van der Waals surface area (Å²) in [5, 5.41) is 21.2. The summed E-state index contributed by atoms with van der Waals surface area (Å²) in [7, 11) is -5.48. The average Bonchev–Trinajstić information content (AvgIpc) is 3.59. The Kier molecular flexibility index (Phi) is 20.4. The van der Waals surface area contributed by atoms with E-state index < -0.39 is 107 Å². The number of primary amides is 1. The third-order valence-corrected chi connectivity index (χ3v) is 14.8. The number of hydrogen-bond donors (Lipinski definition) is 7. The second-order valence-electron chi connectivity index (χ2n) is 14.7. The zero-order valence-electron chi connectivity index (χ0n) is 33.3. The standard InChI is InChI=1S/C35H60FN3O15P2S2/c1-5-6-7-8-9-10-11-12-13-14-15-16-24(41)48-17-22(36)29-19(2)20(3)30(50-21(4)40)35(52-29)53-55(45,46)54-56(47,57)49-18-23-27(42)28(43)31(51-23)25-26(37)32(33(38)44)58-34(25)39/h19-20,22-23,27-31,35,42-43H,5-18,37,39H2,1-4H3,(H2,38,44)(H,45,46)(H,47,57)/t19-,20?,22-,23+,27-,28?,29?,30+,31-,35-,56?/m0/s1. The number of ether oxygens (including phenoxy) is 4. The van der Waals surface area contributed by atoms with Crippen molar-refractivity contribution in [2.45, 2.75) is 154 Å². The summed E-state index contributed by atoms with van der Waals surface area (Å²) in [6.45, 7) is 0.212. The number of halogens is 1. The van der Waals surface area contributed by atoms with Crippen LogP contribution in [0.25, 0.3) is 0 Å². The van der Waals surface area contributed by atoms with Crippen molar-refractivity contribution in [3.8, 4) is 0 Å². The third-order valence-electron chi connectivity index (χ3n) is 10.2. The largest absolute Gasteiger partial charge is 0.481 e. The molecule has 3 heterocycles. The molecule has 10 N–H and O–H groups in total. The minimum Gasteiger partial charge on any atom is -0.462 e. The molecular formula is C35H60FN3O15P2S2. The van der Waals surface area contributed by atoms with Gasteiger partial charge in [-0.15, -0.1) is 11.3 Å². The van der Waals surface area contributed by atoms with Gasteiger partial charge in [0.05, 0.1) is 23.4 Å². The van der Waals surface area contributed by atoms with Crippen LogP contribution in [0, 0.1) is 11.8 Å². The molecule has 2 aliphatic rings. The molecule has 2 aliphatic heterocycles. The number of rotatable bonds is 25. The molecule has 12 atom stereocenters. The van der Waals surface area contributed by atoms with Crippen LogP contribution in [-0.2, 0) is 58.3 Å². The predicted molar refractivity (Wildman–Crippen MR) is 215 cm³/mol. The number of alkyl halides is 1. The maximum atomic E-state index is 15.6. The molecule has 0 aliphatic carbocycles. The van der Waals surface area contributed by atoms with Crippen molar-refractivity contribution in [2.75, 3.05) is 24.7 Å². The highest BCUT2D eigenvalue weighted by atomic mass is 32.5. The normalized spacial score (nSPS) is 28.7. The summed E-state index contributed by atoms with van der Waals surface area (Å²) in [6, 6.07) is 0. The molecule has 334 valence electrons. The molecule has 5 unspecified atom stereocenters. The number of nitrogens with two attached hydrogens (primary N) is 3. The maximum absolute atomic E-state index is 15.6. The number of aliphatic hydroxyl groups excluding tert-OH is 2.